The van der Waals surface area contributed by atoms with Crippen molar-refractivity contribution in [2.24, 2.45) is 0 Å². The average molecular weight is 206 g/mol. The maximum absolute atomic E-state index is 5.67. The number of anilines is 1. The molecule has 80 valence electrons. The Hall–Kier alpha value is -1.84. The lowest BCUT2D eigenvalue weighted by atomic mass is 10.1. The lowest BCUT2D eigenvalue weighted by Gasteiger charge is -2.11. The molecule has 0 aromatic heterocycles. The Kier molecular flexibility index (Phi) is 2.41. The minimum absolute atomic E-state index is 0.00209. The number of hydrogen-bond acceptors (Lipinski definition) is 4. The number of rotatable bonds is 2. The van der Waals surface area contributed by atoms with Crippen molar-refractivity contribution < 1.29 is 9.47 Å². The summed E-state index contributed by atoms with van der Waals surface area (Å²) in [5, 5.41) is 3.06. The average Bonchev–Trinajstić information content (AvgIpc) is 2.64. The van der Waals surface area contributed by atoms with Crippen LogP contribution in [0, 0.1) is 0 Å². The summed E-state index contributed by atoms with van der Waals surface area (Å²) >= 11 is 0. The lowest BCUT2D eigenvalue weighted by Crippen LogP contribution is -2.15. The van der Waals surface area contributed by atoms with Crippen molar-refractivity contribution in [1.29, 1.82) is 0 Å². The Morgan fingerprint density at radius 1 is 1.47 bits per heavy atom. The van der Waals surface area contributed by atoms with Crippen LogP contribution < -0.4 is 15.8 Å². The van der Waals surface area contributed by atoms with Gasteiger partial charge in [-0.05, 0) is 19.1 Å². The Morgan fingerprint density at radius 2 is 2.27 bits per heavy atom. The molecule has 0 amide bonds. The number of nitrogens with one attached hydrogen (secondary N) is 1. The minimum atomic E-state index is 0.00209. The number of ether oxygens (including phenoxy) is 2. The molecule has 1 aliphatic heterocycles. The molecule has 1 unspecified atom stereocenters. The molecule has 0 aliphatic carbocycles. The molecule has 0 spiro atoms. The molecule has 0 saturated heterocycles. The van der Waals surface area contributed by atoms with E-state index in [1.165, 1.54) is 0 Å². The molecule has 15 heavy (non-hydrogen) atoms. The van der Waals surface area contributed by atoms with Gasteiger partial charge in [0.1, 0.15) is 11.5 Å². The van der Waals surface area contributed by atoms with E-state index in [1.807, 2.05) is 25.3 Å². The van der Waals surface area contributed by atoms with Gasteiger partial charge in [0.25, 0.3) is 0 Å². The van der Waals surface area contributed by atoms with E-state index >= 15 is 0 Å². The molecule has 0 bridgehead atoms. The van der Waals surface area contributed by atoms with Gasteiger partial charge in [-0.15, -0.1) is 0 Å². The van der Waals surface area contributed by atoms with Gasteiger partial charge in [0.15, 0.2) is 6.23 Å². The van der Waals surface area contributed by atoms with Crippen LogP contribution in [0.15, 0.2) is 24.4 Å². The van der Waals surface area contributed by atoms with Crippen LogP contribution in [0.2, 0.25) is 0 Å². The van der Waals surface area contributed by atoms with Crippen molar-refractivity contribution in [2.45, 2.75) is 13.2 Å². The molecule has 3 N–H and O–H groups in total. The van der Waals surface area contributed by atoms with Crippen molar-refractivity contribution in [3.8, 4) is 5.75 Å². The van der Waals surface area contributed by atoms with Gasteiger partial charge in [0.2, 0.25) is 0 Å². The molecule has 1 atom stereocenters. The van der Waals surface area contributed by atoms with Gasteiger partial charge < -0.3 is 20.5 Å². The van der Waals surface area contributed by atoms with E-state index in [9.17, 15) is 0 Å². The summed E-state index contributed by atoms with van der Waals surface area (Å²) in [6.07, 6.45) is 1.83. The summed E-state index contributed by atoms with van der Waals surface area (Å²) < 4.78 is 10.8. The number of nitrogen functional groups attached to an aromatic ring is 1. The van der Waals surface area contributed by atoms with Crippen LogP contribution in [0.4, 0.5) is 5.69 Å². The minimum Gasteiger partial charge on any atom is -0.496 e. The Morgan fingerprint density at radius 3 is 2.87 bits per heavy atom. The molecule has 1 aromatic carbocycles. The summed E-state index contributed by atoms with van der Waals surface area (Å²) in [4.78, 5) is 0. The summed E-state index contributed by atoms with van der Waals surface area (Å²) in [7, 11) is 1.62. The van der Waals surface area contributed by atoms with E-state index in [0.29, 0.717) is 5.69 Å². The van der Waals surface area contributed by atoms with Crippen LogP contribution in [-0.4, -0.2) is 13.3 Å². The second-order valence-corrected chi connectivity index (χ2v) is 3.40. The summed E-state index contributed by atoms with van der Waals surface area (Å²) in [6.45, 7) is 1.94. The number of methoxy groups -OCH3 is 1. The molecule has 2 rings (SSSR count). The van der Waals surface area contributed by atoms with Gasteiger partial charge >= 0.3 is 0 Å². The van der Waals surface area contributed by atoms with E-state index in [-0.39, 0.29) is 6.23 Å². The first kappa shape index (κ1) is 9.71. The molecule has 1 aliphatic rings. The molecule has 0 fully saturated rings. The Balaban J connectivity index is 2.36. The van der Waals surface area contributed by atoms with Crippen LogP contribution >= 0.6 is 0 Å². The molecule has 4 nitrogen and oxygen atoms in total. The van der Waals surface area contributed by atoms with Gasteiger partial charge in [0.05, 0.1) is 12.7 Å². The van der Waals surface area contributed by atoms with Crippen molar-refractivity contribution >= 4 is 11.4 Å². The third-order valence-electron chi connectivity index (χ3n) is 2.24. The first-order chi connectivity index (χ1) is 7.20. The topological polar surface area (TPSA) is 56.5 Å². The summed E-state index contributed by atoms with van der Waals surface area (Å²) in [5.74, 6) is 1.50. The fourth-order valence-corrected chi connectivity index (χ4v) is 1.50. The maximum atomic E-state index is 5.67. The Bertz CT molecular complexity index is 402. The Labute approximate surface area is 88.7 Å². The third-order valence-corrected chi connectivity index (χ3v) is 2.24. The van der Waals surface area contributed by atoms with Gasteiger partial charge in [0, 0.05) is 18.0 Å². The number of nitrogens with two attached hydrogens (primary N) is 1. The summed E-state index contributed by atoms with van der Waals surface area (Å²) in [6, 6.07) is 5.49. The normalized spacial score (nSPS) is 19.1. The SMILES string of the molecule is COc1cc(N)ccc1C1=CNC(C)O1. The molecular formula is C11H14N2O2. The van der Waals surface area contributed by atoms with Gasteiger partial charge in [-0.25, -0.2) is 0 Å². The first-order valence-electron chi connectivity index (χ1n) is 4.77. The predicted octanol–water partition coefficient (Wildman–Crippen LogP) is 1.54. The second kappa shape index (κ2) is 3.73. The van der Waals surface area contributed by atoms with Crippen LogP contribution in [0.5, 0.6) is 5.75 Å². The zero-order chi connectivity index (χ0) is 10.8. The van der Waals surface area contributed by atoms with Gasteiger partial charge in [-0.2, -0.15) is 0 Å². The van der Waals surface area contributed by atoms with E-state index in [4.69, 9.17) is 15.2 Å². The smallest absolute Gasteiger partial charge is 0.166 e. The molecule has 4 heteroatoms. The quantitative estimate of drug-likeness (QED) is 0.721. The van der Waals surface area contributed by atoms with Gasteiger partial charge in [-0.1, -0.05) is 0 Å². The van der Waals surface area contributed by atoms with Crippen molar-refractivity contribution in [3.63, 3.8) is 0 Å². The largest absolute Gasteiger partial charge is 0.496 e. The van der Waals surface area contributed by atoms with E-state index < -0.39 is 0 Å². The second-order valence-electron chi connectivity index (χ2n) is 3.40. The highest BCUT2D eigenvalue weighted by Crippen LogP contribution is 2.30. The zero-order valence-corrected chi connectivity index (χ0v) is 8.78. The first-order valence-corrected chi connectivity index (χ1v) is 4.77. The lowest BCUT2D eigenvalue weighted by molar-refractivity contribution is 0.190. The van der Waals surface area contributed by atoms with Crippen molar-refractivity contribution in [2.75, 3.05) is 12.8 Å². The highest BCUT2D eigenvalue weighted by Gasteiger charge is 2.17. The van der Waals surface area contributed by atoms with Crippen LogP contribution in [-0.2, 0) is 4.74 Å². The highest BCUT2D eigenvalue weighted by atomic mass is 16.5. The van der Waals surface area contributed by atoms with E-state index in [0.717, 1.165) is 17.1 Å². The van der Waals surface area contributed by atoms with Crippen molar-refractivity contribution in [1.82, 2.24) is 5.32 Å². The zero-order valence-electron chi connectivity index (χ0n) is 8.78. The molecule has 0 saturated carbocycles. The van der Waals surface area contributed by atoms with Gasteiger partial charge in [-0.3, -0.25) is 0 Å². The monoisotopic (exact) mass is 206 g/mol. The van der Waals surface area contributed by atoms with Crippen molar-refractivity contribution in [3.05, 3.63) is 30.0 Å². The summed E-state index contributed by atoms with van der Waals surface area (Å²) in [5.41, 5.74) is 7.26. The fraction of sp³-hybridized carbons (Fsp3) is 0.273. The standard InChI is InChI=1S/C11H14N2O2/c1-7-13-6-11(15-7)9-4-3-8(12)5-10(9)14-2/h3-7,13H,12H2,1-2H3. The molecule has 1 heterocycles. The van der Waals surface area contributed by atoms with E-state index in [1.54, 1.807) is 13.2 Å². The number of hydrogen-bond donors (Lipinski definition) is 2. The highest BCUT2D eigenvalue weighted by molar-refractivity contribution is 5.69. The van der Waals surface area contributed by atoms with E-state index in [2.05, 4.69) is 5.32 Å². The molecule has 0 radical (unpaired) electrons. The molecule has 1 aromatic rings. The van der Waals surface area contributed by atoms with Crippen LogP contribution in [0.1, 0.15) is 12.5 Å². The van der Waals surface area contributed by atoms with Crippen LogP contribution in [0.3, 0.4) is 0 Å². The predicted molar refractivity (Wildman–Crippen MR) is 59.1 cm³/mol. The fourth-order valence-electron chi connectivity index (χ4n) is 1.50. The molecular weight excluding hydrogens is 192 g/mol. The maximum Gasteiger partial charge on any atom is 0.166 e. The third kappa shape index (κ3) is 1.83. The number of benzene rings is 1. The van der Waals surface area contributed by atoms with Crippen LogP contribution in [0.25, 0.3) is 5.76 Å².